The zero-order chi connectivity index (χ0) is 18.6. The fourth-order valence-electron chi connectivity index (χ4n) is 2.64. The number of aromatic nitrogens is 2. The Morgan fingerprint density at radius 3 is 2.81 bits per heavy atom. The first-order chi connectivity index (χ1) is 13.2. The minimum absolute atomic E-state index is 0.121. The Labute approximate surface area is 160 Å². The number of nitrogens with one attached hydrogen (secondary N) is 1. The van der Waals surface area contributed by atoms with Crippen LogP contribution in [0, 0.1) is 0 Å². The van der Waals surface area contributed by atoms with Crippen LogP contribution in [-0.4, -0.2) is 28.7 Å². The van der Waals surface area contributed by atoms with E-state index in [4.69, 9.17) is 13.9 Å². The third kappa shape index (κ3) is 4.06. The van der Waals surface area contributed by atoms with Gasteiger partial charge >= 0.3 is 0 Å². The number of carbonyl (C=O) groups is 1. The summed E-state index contributed by atoms with van der Waals surface area (Å²) >= 11 is 1.20. The van der Waals surface area contributed by atoms with E-state index in [-0.39, 0.29) is 24.5 Å². The fraction of sp³-hybridized carbons (Fsp3) is 0.211. The highest BCUT2D eigenvalue weighted by Gasteiger charge is 2.17. The molecular weight excluding hydrogens is 366 g/mol. The van der Waals surface area contributed by atoms with Crippen molar-refractivity contribution >= 4 is 17.7 Å². The summed E-state index contributed by atoms with van der Waals surface area (Å²) < 4.78 is 16.3. The van der Waals surface area contributed by atoms with Gasteiger partial charge in [0.25, 0.3) is 5.22 Å². The Balaban J connectivity index is 1.31. The molecule has 0 aliphatic carbocycles. The molecule has 0 radical (unpaired) electrons. The number of nitrogens with zero attached hydrogens (tertiary/aromatic N) is 2. The summed E-state index contributed by atoms with van der Waals surface area (Å²) in [6, 6.07) is 15.0. The number of fused-ring (bicyclic) bond motifs is 1. The van der Waals surface area contributed by atoms with E-state index in [0.29, 0.717) is 16.9 Å². The second-order valence-corrected chi connectivity index (χ2v) is 6.86. The molecule has 1 N–H and O–H groups in total. The van der Waals surface area contributed by atoms with Crippen molar-refractivity contribution in [2.45, 2.75) is 18.2 Å². The molecule has 0 spiro atoms. The molecule has 0 saturated carbocycles. The lowest BCUT2D eigenvalue weighted by atomic mass is 10.1. The molecule has 1 aromatic heterocycles. The third-order valence-corrected chi connectivity index (χ3v) is 4.85. The molecule has 7 nitrogen and oxygen atoms in total. The SMILES string of the molecule is C[C@H](NC(=O)CSc1nnc(-c2ccccc2)o1)c1ccc2c(c1)OCO2. The van der Waals surface area contributed by atoms with Crippen molar-refractivity contribution < 1.29 is 18.7 Å². The predicted molar refractivity (Wildman–Crippen MR) is 99.6 cm³/mol. The summed E-state index contributed by atoms with van der Waals surface area (Å²) in [5.74, 6) is 1.92. The first-order valence-corrected chi connectivity index (χ1v) is 9.38. The molecule has 3 aromatic rings. The van der Waals surface area contributed by atoms with Gasteiger partial charge in [0.15, 0.2) is 11.5 Å². The summed E-state index contributed by atoms with van der Waals surface area (Å²) in [4.78, 5) is 12.2. The van der Waals surface area contributed by atoms with Gasteiger partial charge < -0.3 is 19.2 Å². The van der Waals surface area contributed by atoms with Crippen molar-refractivity contribution in [3.8, 4) is 23.0 Å². The van der Waals surface area contributed by atoms with E-state index >= 15 is 0 Å². The van der Waals surface area contributed by atoms with Gasteiger partial charge in [0, 0.05) is 5.56 Å². The van der Waals surface area contributed by atoms with Gasteiger partial charge in [0.05, 0.1) is 11.8 Å². The van der Waals surface area contributed by atoms with E-state index in [0.717, 1.165) is 16.9 Å². The van der Waals surface area contributed by atoms with Crippen LogP contribution in [-0.2, 0) is 4.79 Å². The molecule has 138 valence electrons. The van der Waals surface area contributed by atoms with E-state index in [1.165, 1.54) is 11.8 Å². The molecule has 2 aromatic carbocycles. The molecule has 0 fully saturated rings. The Bertz CT molecular complexity index is 945. The van der Waals surface area contributed by atoms with E-state index in [9.17, 15) is 4.79 Å². The molecule has 27 heavy (non-hydrogen) atoms. The lowest BCUT2D eigenvalue weighted by Crippen LogP contribution is -2.28. The number of rotatable bonds is 6. The lowest BCUT2D eigenvalue weighted by molar-refractivity contribution is -0.119. The highest BCUT2D eigenvalue weighted by molar-refractivity contribution is 7.99. The second-order valence-electron chi connectivity index (χ2n) is 5.93. The number of hydrogen-bond acceptors (Lipinski definition) is 7. The zero-order valence-corrected chi connectivity index (χ0v) is 15.4. The van der Waals surface area contributed by atoms with Crippen molar-refractivity contribution in [3.05, 3.63) is 54.1 Å². The van der Waals surface area contributed by atoms with Gasteiger partial charge in [-0.3, -0.25) is 4.79 Å². The number of hydrogen-bond donors (Lipinski definition) is 1. The average molecular weight is 383 g/mol. The van der Waals surface area contributed by atoms with Crippen molar-refractivity contribution in [3.63, 3.8) is 0 Å². The fourth-order valence-corrected chi connectivity index (χ4v) is 3.22. The van der Waals surface area contributed by atoms with Crippen LogP contribution in [0.3, 0.4) is 0 Å². The summed E-state index contributed by atoms with van der Waals surface area (Å²) in [6.07, 6.45) is 0. The Morgan fingerprint density at radius 1 is 1.15 bits per heavy atom. The Morgan fingerprint density at radius 2 is 1.96 bits per heavy atom. The molecule has 1 aliphatic rings. The minimum atomic E-state index is -0.157. The van der Waals surface area contributed by atoms with Gasteiger partial charge in [0.1, 0.15) is 0 Å². The summed E-state index contributed by atoms with van der Waals surface area (Å²) in [5.41, 5.74) is 1.79. The van der Waals surface area contributed by atoms with Crippen LogP contribution >= 0.6 is 11.8 Å². The highest BCUT2D eigenvalue weighted by atomic mass is 32.2. The van der Waals surface area contributed by atoms with Crippen molar-refractivity contribution in [2.75, 3.05) is 12.5 Å². The van der Waals surface area contributed by atoms with E-state index in [1.807, 2.05) is 55.5 Å². The monoisotopic (exact) mass is 383 g/mol. The van der Waals surface area contributed by atoms with Crippen LogP contribution in [0.1, 0.15) is 18.5 Å². The summed E-state index contributed by atoms with van der Waals surface area (Å²) in [6.45, 7) is 2.14. The van der Waals surface area contributed by atoms with Gasteiger partial charge in [-0.1, -0.05) is 36.0 Å². The number of ether oxygens (including phenoxy) is 2. The van der Waals surface area contributed by atoms with Crippen molar-refractivity contribution in [1.82, 2.24) is 15.5 Å². The molecule has 2 heterocycles. The lowest BCUT2D eigenvalue weighted by Gasteiger charge is -2.14. The van der Waals surface area contributed by atoms with Crippen LogP contribution < -0.4 is 14.8 Å². The smallest absolute Gasteiger partial charge is 0.277 e. The van der Waals surface area contributed by atoms with Gasteiger partial charge in [-0.15, -0.1) is 10.2 Å². The molecule has 0 saturated heterocycles. The van der Waals surface area contributed by atoms with Crippen molar-refractivity contribution in [1.29, 1.82) is 0 Å². The highest BCUT2D eigenvalue weighted by Crippen LogP contribution is 2.34. The van der Waals surface area contributed by atoms with Crippen LogP contribution in [0.15, 0.2) is 58.2 Å². The van der Waals surface area contributed by atoms with E-state index in [1.54, 1.807) is 0 Å². The summed E-state index contributed by atoms with van der Waals surface area (Å²) in [5, 5.41) is 11.3. The molecule has 4 rings (SSSR count). The van der Waals surface area contributed by atoms with Gasteiger partial charge in [-0.25, -0.2) is 0 Å². The van der Waals surface area contributed by atoms with Gasteiger partial charge in [-0.2, -0.15) is 0 Å². The number of thioether (sulfide) groups is 1. The number of benzene rings is 2. The van der Waals surface area contributed by atoms with Gasteiger partial charge in [-0.05, 0) is 36.8 Å². The number of carbonyl (C=O) groups excluding carboxylic acids is 1. The minimum Gasteiger partial charge on any atom is -0.454 e. The van der Waals surface area contributed by atoms with Crippen LogP contribution in [0.4, 0.5) is 0 Å². The molecule has 8 heteroatoms. The standard InChI is InChI=1S/C19H17N3O4S/c1-12(14-7-8-15-16(9-14)25-11-24-15)20-17(23)10-27-19-22-21-18(26-19)13-5-3-2-4-6-13/h2-9,12H,10-11H2,1H3,(H,20,23)/t12-/m0/s1. The molecule has 1 aliphatic heterocycles. The molecule has 1 atom stereocenters. The van der Waals surface area contributed by atoms with E-state index in [2.05, 4.69) is 15.5 Å². The first kappa shape index (κ1) is 17.4. The normalized spacial score (nSPS) is 13.4. The Hall–Kier alpha value is -3.00. The largest absolute Gasteiger partial charge is 0.454 e. The Kier molecular flexibility index (Phi) is 4.97. The van der Waals surface area contributed by atoms with Gasteiger partial charge in [0.2, 0.25) is 18.6 Å². The second kappa shape index (κ2) is 7.71. The first-order valence-electron chi connectivity index (χ1n) is 8.39. The van der Waals surface area contributed by atoms with Crippen LogP contribution in [0.25, 0.3) is 11.5 Å². The van der Waals surface area contributed by atoms with Crippen molar-refractivity contribution in [2.24, 2.45) is 0 Å². The molecule has 0 bridgehead atoms. The average Bonchev–Trinajstić information content (AvgIpc) is 3.36. The molecule has 0 unspecified atom stereocenters. The zero-order valence-electron chi connectivity index (χ0n) is 14.5. The van der Waals surface area contributed by atoms with E-state index < -0.39 is 0 Å². The molecule has 1 amide bonds. The number of amides is 1. The summed E-state index contributed by atoms with van der Waals surface area (Å²) in [7, 11) is 0. The van der Waals surface area contributed by atoms with Crippen LogP contribution in [0.5, 0.6) is 11.5 Å². The topological polar surface area (TPSA) is 86.5 Å². The maximum absolute atomic E-state index is 12.2. The quantitative estimate of drug-likeness (QED) is 0.653. The van der Waals surface area contributed by atoms with Crippen LogP contribution in [0.2, 0.25) is 0 Å². The maximum Gasteiger partial charge on any atom is 0.277 e. The maximum atomic E-state index is 12.2. The third-order valence-electron chi connectivity index (χ3n) is 4.03. The molecular formula is C19H17N3O4S. The predicted octanol–water partition coefficient (Wildman–Crippen LogP) is 3.43.